The second-order valence-electron chi connectivity index (χ2n) is 5.79. The highest BCUT2D eigenvalue weighted by atomic mass is 35.5. The van der Waals surface area contributed by atoms with E-state index in [4.69, 9.17) is 11.6 Å². The smallest absolute Gasteiger partial charge is 0.261 e. The molecule has 0 aliphatic heterocycles. The summed E-state index contributed by atoms with van der Waals surface area (Å²) in [6.45, 7) is 1.72. The molecule has 2 aromatic carbocycles. The first-order chi connectivity index (χ1) is 12.8. The van der Waals surface area contributed by atoms with E-state index in [1.165, 1.54) is 22.9 Å². The molecule has 0 spiro atoms. The maximum Gasteiger partial charge on any atom is 0.261 e. The quantitative estimate of drug-likeness (QED) is 0.657. The summed E-state index contributed by atoms with van der Waals surface area (Å²) in [6, 6.07) is 13.6. The highest BCUT2D eigenvalue weighted by Crippen LogP contribution is 2.22. The van der Waals surface area contributed by atoms with Crippen LogP contribution in [-0.4, -0.2) is 24.1 Å². The van der Waals surface area contributed by atoms with Gasteiger partial charge in [-0.2, -0.15) is 5.10 Å². The highest BCUT2D eigenvalue weighted by molar-refractivity contribution is 7.92. The number of carbonyl (C=O) groups is 1. The van der Waals surface area contributed by atoms with Crippen molar-refractivity contribution in [3.8, 4) is 0 Å². The average Bonchev–Trinajstić information content (AvgIpc) is 3.15. The molecular weight excluding hydrogens is 388 g/mol. The minimum Gasteiger partial charge on any atom is -0.324 e. The molecule has 1 aromatic heterocycles. The van der Waals surface area contributed by atoms with Crippen LogP contribution in [-0.2, 0) is 14.8 Å². The van der Waals surface area contributed by atoms with E-state index in [-0.39, 0.29) is 10.8 Å². The molecule has 0 saturated carbocycles. The van der Waals surface area contributed by atoms with Gasteiger partial charge in [-0.15, -0.1) is 0 Å². The summed E-state index contributed by atoms with van der Waals surface area (Å²) in [6.07, 6.45) is 3.29. The molecule has 3 rings (SSSR count). The third-order valence-corrected chi connectivity index (χ3v) is 5.40. The Hall–Kier alpha value is -2.84. The van der Waals surface area contributed by atoms with Crippen LogP contribution < -0.4 is 10.0 Å². The topological polar surface area (TPSA) is 93.1 Å². The fourth-order valence-electron chi connectivity index (χ4n) is 2.39. The number of hydrogen-bond acceptors (Lipinski definition) is 4. The molecule has 27 heavy (non-hydrogen) atoms. The van der Waals surface area contributed by atoms with Gasteiger partial charge in [-0.25, -0.2) is 8.42 Å². The van der Waals surface area contributed by atoms with Crippen molar-refractivity contribution in [3.05, 3.63) is 72.0 Å². The Morgan fingerprint density at radius 3 is 2.56 bits per heavy atom. The fourth-order valence-corrected chi connectivity index (χ4v) is 3.74. The van der Waals surface area contributed by atoms with E-state index in [0.29, 0.717) is 16.4 Å². The minimum absolute atomic E-state index is 0.0525. The van der Waals surface area contributed by atoms with E-state index in [0.717, 1.165) is 0 Å². The summed E-state index contributed by atoms with van der Waals surface area (Å²) >= 11 is 5.86. The standard InChI is InChI=1S/C18H17ClN4O3S/c1-13(23-10-4-9-20-23)18(24)21-15-6-3-7-16(12-15)22-27(25,26)17-8-2-5-14(19)11-17/h2-13,22H,1H3,(H,21,24)/t13-/m1/s1. The summed E-state index contributed by atoms with van der Waals surface area (Å²) in [5.74, 6) is -0.270. The molecule has 0 bridgehead atoms. The molecule has 0 radical (unpaired) electrons. The molecule has 0 aliphatic carbocycles. The number of hydrogen-bond donors (Lipinski definition) is 2. The van der Waals surface area contributed by atoms with Crippen molar-refractivity contribution < 1.29 is 13.2 Å². The maximum atomic E-state index is 12.5. The summed E-state index contributed by atoms with van der Waals surface area (Å²) in [5, 5.41) is 7.11. The molecule has 1 atom stereocenters. The van der Waals surface area contributed by atoms with Crippen LogP contribution >= 0.6 is 11.6 Å². The van der Waals surface area contributed by atoms with E-state index in [9.17, 15) is 13.2 Å². The Kier molecular flexibility index (Phi) is 5.48. The number of nitrogens with zero attached hydrogens (tertiary/aromatic N) is 2. The van der Waals surface area contributed by atoms with Crippen molar-refractivity contribution >= 4 is 38.9 Å². The van der Waals surface area contributed by atoms with Crippen LogP contribution in [0.1, 0.15) is 13.0 Å². The van der Waals surface area contributed by atoms with Gasteiger partial charge in [0, 0.05) is 23.1 Å². The molecule has 1 amide bonds. The van der Waals surface area contributed by atoms with Gasteiger partial charge >= 0.3 is 0 Å². The number of benzene rings is 2. The van der Waals surface area contributed by atoms with Gasteiger partial charge in [0.1, 0.15) is 6.04 Å². The number of rotatable bonds is 6. The lowest BCUT2D eigenvalue weighted by Gasteiger charge is -2.14. The maximum absolute atomic E-state index is 12.5. The van der Waals surface area contributed by atoms with E-state index in [1.54, 1.807) is 55.7 Å². The van der Waals surface area contributed by atoms with Gasteiger partial charge in [0.05, 0.1) is 10.6 Å². The van der Waals surface area contributed by atoms with Crippen LogP contribution in [0.5, 0.6) is 0 Å². The molecule has 0 unspecified atom stereocenters. The molecule has 9 heteroatoms. The highest BCUT2D eigenvalue weighted by Gasteiger charge is 2.17. The van der Waals surface area contributed by atoms with E-state index in [1.807, 2.05) is 0 Å². The summed E-state index contributed by atoms with van der Waals surface area (Å²) in [5.41, 5.74) is 0.782. The first-order valence-corrected chi connectivity index (χ1v) is 9.90. The number of carbonyl (C=O) groups excluding carboxylic acids is 1. The van der Waals surface area contributed by atoms with Crippen LogP contribution in [0.3, 0.4) is 0 Å². The predicted molar refractivity (Wildman–Crippen MR) is 104 cm³/mol. The molecule has 7 nitrogen and oxygen atoms in total. The van der Waals surface area contributed by atoms with Crippen LogP contribution in [0.15, 0.2) is 71.9 Å². The predicted octanol–water partition coefficient (Wildman–Crippen LogP) is 3.54. The lowest BCUT2D eigenvalue weighted by atomic mass is 10.2. The first-order valence-electron chi connectivity index (χ1n) is 8.03. The Labute approximate surface area is 162 Å². The Morgan fingerprint density at radius 2 is 1.85 bits per heavy atom. The zero-order valence-corrected chi connectivity index (χ0v) is 15.9. The summed E-state index contributed by atoms with van der Waals surface area (Å²) in [4.78, 5) is 12.4. The van der Waals surface area contributed by atoms with E-state index >= 15 is 0 Å². The molecule has 3 aromatic rings. The SMILES string of the molecule is C[C@H](C(=O)Nc1cccc(NS(=O)(=O)c2cccc(Cl)c2)c1)n1cccn1. The average molecular weight is 405 g/mol. The monoisotopic (exact) mass is 404 g/mol. The van der Waals surface area contributed by atoms with Crippen LogP contribution in [0.4, 0.5) is 11.4 Å². The third-order valence-electron chi connectivity index (χ3n) is 3.79. The summed E-state index contributed by atoms with van der Waals surface area (Å²) in [7, 11) is -3.79. The first kappa shape index (κ1) is 18.9. The van der Waals surface area contributed by atoms with Gasteiger partial charge in [-0.05, 0) is 49.4 Å². The molecular formula is C18H17ClN4O3S. The molecule has 140 valence electrons. The number of nitrogens with one attached hydrogen (secondary N) is 2. The lowest BCUT2D eigenvalue weighted by Crippen LogP contribution is -2.24. The zero-order valence-electron chi connectivity index (χ0n) is 14.3. The second kappa shape index (κ2) is 7.81. The number of sulfonamides is 1. The van der Waals surface area contributed by atoms with Gasteiger partial charge in [-0.1, -0.05) is 23.7 Å². The molecule has 1 heterocycles. The lowest BCUT2D eigenvalue weighted by molar-refractivity contribution is -0.119. The normalized spacial score (nSPS) is 12.4. The Bertz CT molecular complexity index is 1050. The number of aromatic nitrogens is 2. The van der Waals surface area contributed by atoms with Crippen molar-refractivity contribution in [2.45, 2.75) is 17.9 Å². The second-order valence-corrected chi connectivity index (χ2v) is 7.91. The van der Waals surface area contributed by atoms with Gasteiger partial charge in [0.2, 0.25) is 5.91 Å². The van der Waals surface area contributed by atoms with Crippen molar-refractivity contribution in [2.24, 2.45) is 0 Å². The number of anilines is 2. The van der Waals surface area contributed by atoms with Crippen molar-refractivity contribution in [1.29, 1.82) is 0 Å². The van der Waals surface area contributed by atoms with Gasteiger partial charge < -0.3 is 5.32 Å². The summed E-state index contributed by atoms with van der Waals surface area (Å²) < 4.78 is 29.0. The van der Waals surface area contributed by atoms with Gasteiger partial charge in [0.25, 0.3) is 10.0 Å². The Morgan fingerprint density at radius 1 is 1.11 bits per heavy atom. The largest absolute Gasteiger partial charge is 0.324 e. The number of amides is 1. The van der Waals surface area contributed by atoms with Crippen LogP contribution in [0.2, 0.25) is 5.02 Å². The van der Waals surface area contributed by atoms with Gasteiger partial charge in [-0.3, -0.25) is 14.2 Å². The molecule has 0 fully saturated rings. The molecule has 2 N–H and O–H groups in total. The van der Waals surface area contributed by atoms with Crippen LogP contribution in [0, 0.1) is 0 Å². The Balaban J connectivity index is 1.75. The van der Waals surface area contributed by atoms with Crippen LogP contribution in [0.25, 0.3) is 0 Å². The van der Waals surface area contributed by atoms with E-state index in [2.05, 4.69) is 15.1 Å². The number of halogens is 1. The fraction of sp³-hybridized carbons (Fsp3) is 0.111. The van der Waals surface area contributed by atoms with E-state index < -0.39 is 16.1 Å². The third kappa shape index (κ3) is 4.66. The van der Waals surface area contributed by atoms with Crippen molar-refractivity contribution in [2.75, 3.05) is 10.0 Å². The van der Waals surface area contributed by atoms with Gasteiger partial charge in [0.15, 0.2) is 0 Å². The molecule has 0 aliphatic rings. The minimum atomic E-state index is -3.79. The van der Waals surface area contributed by atoms with Crippen molar-refractivity contribution in [3.63, 3.8) is 0 Å². The molecule has 0 saturated heterocycles. The van der Waals surface area contributed by atoms with Crippen molar-refractivity contribution in [1.82, 2.24) is 9.78 Å². The zero-order chi connectivity index (χ0) is 19.4.